The van der Waals surface area contributed by atoms with E-state index in [1.54, 1.807) is 0 Å². The smallest absolute Gasteiger partial charge is 0.200 e. The molecule has 2 aromatic rings. The molecule has 3 heteroatoms. The first kappa shape index (κ1) is 45.8. The van der Waals surface area contributed by atoms with Crippen molar-refractivity contribution in [3.8, 4) is 0 Å². The fraction of sp³-hybridized carbons (Fsp3) is 0.558. The number of allylic oxidation sites excluding steroid dienone is 6. The van der Waals surface area contributed by atoms with Gasteiger partial charge in [0, 0.05) is 55.8 Å². The van der Waals surface area contributed by atoms with E-state index in [2.05, 4.69) is 143 Å². The minimum atomic E-state index is 0.859. The van der Waals surface area contributed by atoms with Crippen LogP contribution in [0.5, 0.6) is 0 Å². The summed E-state index contributed by atoms with van der Waals surface area (Å²) in [4.78, 5) is 4.76. The number of likely N-dealkylation sites (N-methyl/N-ethyl adjacent to an activating group) is 1. The maximum absolute atomic E-state index is 4.71. The van der Waals surface area contributed by atoms with Crippen LogP contribution < -0.4 is 4.90 Å². The SMILES string of the molecule is C=C(c1ccccc1/C(=C1\C=CC(=[N+](CC)CC)C=C1CCC)c1ccc(N(CC)CC)cc1C)N(C)C/C=C/CCCCCCCCCCCCCCC. The van der Waals surface area contributed by atoms with Crippen molar-refractivity contribution < 1.29 is 4.58 Å². The topological polar surface area (TPSA) is 9.49 Å². The molecule has 0 heterocycles. The van der Waals surface area contributed by atoms with Crippen LogP contribution in [-0.2, 0) is 0 Å². The van der Waals surface area contributed by atoms with E-state index < -0.39 is 0 Å². The number of rotatable bonds is 27. The summed E-state index contributed by atoms with van der Waals surface area (Å²) in [5.41, 5.74) is 12.8. The highest BCUT2D eigenvalue weighted by Crippen LogP contribution is 2.40. The molecule has 0 spiro atoms. The maximum Gasteiger partial charge on any atom is 0.200 e. The Morgan fingerprint density at radius 2 is 1.27 bits per heavy atom. The first-order valence-electron chi connectivity index (χ1n) is 22.6. The van der Waals surface area contributed by atoms with Crippen LogP contribution in [-0.4, -0.2) is 55.0 Å². The van der Waals surface area contributed by atoms with Gasteiger partial charge in [-0.2, -0.15) is 0 Å². The molecule has 0 bridgehead atoms. The van der Waals surface area contributed by atoms with Crippen molar-refractivity contribution in [2.45, 2.75) is 151 Å². The van der Waals surface area contributed by atoms with E-state index in [0.29, 0.717) is 0 Å². The summed E-state index contributed by atoms with van der Waals surface area (Å²) in [5.74, 6) is 0. The summed E-state index contributed by atoms with van der Waals surface area (Å²) in [7, 11) is 2.19. The molecule has 0 saturated heterocycles. The molecule has 0 saturated carbocycles. The van der Waals surface area contributed by atoms with Crippen LogP contribution in [0.15, 0.2) is 90.6 Å². The van der Waals surface area contributed by atoms with Gasteiger partial charge in [-0.1, -0.05) is 146 Å². The normalized spacial score (nSPS) is 13.7. The van der Waals surface area contributed by atoms with Gasteiger partial charge in [-0.15, -0.1) is 0 Å². The third-order valence-electron chi connectivity index (χ3n) is 11.6. The molecule has 3 rings (SSSR count). The fourth-order valence-electron chi connectivity index (χ4n) is 8.13. The zero-order chi connectivity index (χ0) is 39.8. The summed E-state index contributed by atoms with van der Waals surface area (Å²) in [6.07, 6.45) is 33.5. The van der Waals surface area contributed by atoms with Crippen molar-refractivity contribution in [1.82, 2.24) is 4.90 Å². The Morgan fingerprint density at radius 1 is 0.673 bits per heavy atom. The highest BCUT2D eigenvalue weighted by Gasteiger charge is 2.24. The van der Waals surface area contributed by atoms with Crippen LogP contribution in [0.25, 0.3) is 11.3 Å². The predicted octanol–water partition coefficient (Wildman–Crippen LogP) is 14.4. The van der Waals surface area contributed by atoms with Gasteiger partial charge >= 0.3 is 0 Å². The lowest BCUT2D eigenvalue weighted by molar-refractivity contribution is -0.519. The lowest BCUT2D eigenvalue weighted by atomic mass is 9.82. The number of nitrogens with zero attached hydrogens (tertiary/aromatic N) is 3. The molecule has 0 atom stereocenters. The van der Waals surface area contributed by atoms with Gasteiger partial charge in [-0.25, -0.2) is 4.58 Å². The molecule has 1 aliphatic carbocycles. The van der Waals surface area contributed by atoms with Crippen molar-refractivity contribution in [3.63, 3.8) is 0 Å². The molecule has 0 N–H and O–H groups in total. The minimum Gasteiger partial charge on any atom is -0.372 e. The number of aryl methyl sites for hydroxylation is 1. The van der Waals surface area contributed by atoms with Crippen molar-refractivity contribution in [3.05, 3.63) is 113 Å². The van der Waals surface area contributed by atoms with Gasteiger partial charge in [0.05, 0.1) is 0 Å². The molecule has 0 amide bonds. The predicted molar refractivity (Wildman–Crippen MR) is 247 cm³/mol. The first-order chi connectivity index (χ1) is 26.8. The Hall–Kier alpha value is -3.59. The molecule has 2 aromatic carbocycles. The third kappa shape index (κ3) is 14.5. The molecule has 0 fully saturated rings. The number of unbranched alkanes of at least 4 members (excludes halogenated alkanes) is 13. The minimum absolute atomic E-state index is 0.859. The van der Waals surface area contributed by atoms with E-state index in [9.17, 15) is 0 Å². The van der Waals surface area contributed by atoms with Gasteiger partial charge in [0.1, 0.15) is 13.1 Å². The van der Waals surface area contributed by atoms with Gasteiger partial charge in [-0.05, 0) is 105 Å². The highest BCUT2D eigenvalue weighted by atomic mass is 15.1. The van der Waals surface area contributed by atoms with Crippen LogP contribution in [0.1, 0.15) is 167 Å². The zero-order valence-corrected chi connectivity index (χ0v) is 36.8. The molecule has 0 radical (unpaired) electrons. The molecule has 55 heavy (non-hydrogen) atoms. The van der Waals surface area contributed by atoms with Crippen LogP contribution in [0.4, 0.5) is 5.69 Å². The monoisotopic (exact) mass is 747 g/mol. The summed E-state index contributed by atoms with van der Waals surface area (Å²) in [5, 5.41) is 0. The summed E-state index contributed by atoms with van der Waals surface area (Å²) in [6, 6.07) is 16.0. The standard InChI is InChI=1S/C52H80N3/c1-10-16-17-18-19-20-21-22-23-24-25-26-27-28-29-32-40-53(9)44(8)49-34-30-31-35-51(49)52(48-38-36-46(41-43(48)7)54(12-3)13-4)50-39-37-47(55(14-5)15-6)42-45(50)33-11-2/h29-32,34-39,41-42H,8,10-28,33,40H2,1-7,9H3/q+1/b32-29+. The van der Waals surface area contributed by atoms with E-state index in [0.717, 1.165) is 51.3 Å². The number of benzene rings is 2. The van der Waals surface area contributed by atoms with Gasteiger partial charge in [0.2, 0.25) is 0 Å². The third-order valence-corrected chi connectivity index (χ3v) is 11.6. The average Bonchev–Trinajstić information content (AvgIpc) is 3.20. The lowest BCUT2D eigenvalue weighted by Gasteiger charge is -2.27. The van der Waals surface area contributed by atoms with Crippen molar-refractivity contribution in [1.29, 1.82) is 0 Å². The Balaban J connectivity index is 1.78. The summed E-state index contributed by atoms with van der Waals surface area (Å²) in [6.45, 7) is 25.5. The van der Waals surface area contributed by atoms with Gasteiger partial charge < -0.3 is 9.80 Å². The molecule has 0 aliphatic heterocycles. The largest absolute Gasteiger partial charge is 0.372 e. The highest BCUT2D eigenvalue weighted by molar-refractivity contribution is 6.05. The Labute approximate surface area is 339 Å². The molecular formula is C52H80N3+. The molecule has 0 aromatic heterocycles. The molecule has 1 aliphatic rings. The van der Waals surface area contributed by atoms with Crippen LogP contribution in [0, 0.1) is 6.92 Å². The van der Waals surface area contributed by atoms with Crippen LogP contribution in [0.2, 0.25) is 0 Å². The van der Waals surface area contributed by atoms with Gasteiger partial charge in [0.15, 0.2) is 5.71 Å². The van der Waals surface area contributed by atoms with E-state index >= 15 is 0 Å². The van der Waals surface area contributed by atoms with E-state index in [1.807, 2.05) is 0 Å². The number of anilines is 1. The van der Waals surface area contributed by atoms with Crippen molar-refractivity contribution in [2.75, 3.05) is 44.7 Å². The number of hydrogen-bond acceptors (Lipinski definition) is 2. The Morgan fingerprint density at radius 3 is 1.84 bits per heavy atom. The van der Waals surface area contributed by atoms with Gasteiger partial charge in [-0.3, -0.25) is 0 Å². The number of hydrogen-bond donors (Lipinski definition) is 0. The van der Waals surface area contributed by atoms with E-state index in [4.69, 9.17) is 6.58 Å². The second kappa shape index (κ2) is 26.3. The van der Waals surface area contributed by atoms with Gasteiger partial charge in [0.25, 0.3) is 0 Å². The second-order valence-electron chi connectivity index (χ2n) is 15.7. The maximum atomic E-state index is 4.71. The Bertz CT molecular complexity index is 1590. The van der Waals surface area contributed by atoms with E-state index in [1.165, 1.54) is 140 Å². The molecule has 0 unspecified atom stereocenters. The van der Waals surface area contributed by atoms with Crippen LogP contribution >= 0.6 is 0 Å². The quantitative estimate of drug-likeness (QED) is 0.0512. The van der Waals surface area contributed by atoms with E-state index in [-0.39, 0.29) is 0 Å². The average molecular weight is 747 g/mol. The molecule has 3 nitrogen and oxygen atoms in total. The first-order valence-corrected chi connectivity index (χ1v) is 22.6. The summed E-state index contributed by atoms with van der Waals surface area (Å²) < 4.78 is 2.46. The van der Waals surface area contributed by atoms with Crippen molar-refractivity contribution >= 4 is 22.7 Å². The second-order valence-corrected chi connectivity index (χ2v) is 15.7. The molecular weight excluding hydrogens is 667 g/mol. The van der Waals surface area contributed by atoms with Crippen LogP contribution in [0.3, 0.4) is 0 Å². The Kier molecular flexibility index (Phi) is 21.9. The lowest BCUT2D eigenvalue weighted by Crippen LogP contribution is -2.22. The molecule has 302 valence electrons. The van der Waals surface area contributed by atoms with Crippen molar-refractivity contribution in [2.24, 2.45) is 0 Å². The fourth-order valence-corrected chi connectivity index (χ4v) is 8.13. The zero-order valence-electron chi connectivity index (χ0n) is 36.8. The summed E-state index contributed by atoms with van der Waals surface area (Å²) >= 11 is 0.